The molecule has 0 aliphatic heterocycles. The van der Waals surface area contributed by atoms with Crippen molar-refractivity contribution in [2.75, 3.05) is 0 Å². The summed E-state index contributed by atoms with van der Waals surface area (Å²) in [5.41, 5.74) is 4.60. The average Bonchev–Trinajstić information content (AvgIpc) is 3.15. The van der Waals surface area contributed by atoms with Gasteiger partial charge in [0.1, 0.15) is 5.75 Å². The molecule has 0 amide bonds. The maximum Gasteiger partial charge on any atom is 0.200 e. The lowest BCUT2D eigenvalue weighted by Crippen LogP contribution is -2.00. The topological polar surface area (TPSA) is 71.7 Å². The summed E-state index contributed by atoms with van der Waals surface area (Å²) in [6, 6.07) is 9.74. The third kappa shape index (κ3) is 2.94. The van der Waals surface area contributed by atoms with Gasteiger partial charge in [0.15, 0.2) is 10.6 Å². The van der Waals surface area contributed by atoms with Crippen LogP contribution in [0.25, 0.3) is 28.0 Å². The Hall–Kier alpha value is -2.93. The number of hydrogen-bond acceptors (Lipinski definition) is 4. The van der Waals surface area contributed by atoms with Gasteiger partial charge in [-0.25, -0.2) is 0 Å². The quantitative estimate of drug-likeness (QED) is 0.510. The highest BCUT2D eigenvalue weighted by Gasteiger charge is 2.18. The number of phenolic OH excluding ortho intramolecular Hbond substituents is 1. The summed E-state index contributed by atoms with van der Waals surface area (Å²) in [4.78, 5) is 0. The lowest BCUT2D eigenvalue weighted by molar-refractivity contribution is 0.476. The monoisotopic (exact) mass is 379 g/mol. The smallest absolute Gasteiger partial charge is 0.200 e. The Morgan fingerprint density at radius 2 is 1.96 bits per heavy atom. The molecular weight excluding hydrogens is 358 g/mol. The van der Waals surface area contributed by atoms with Crippen LogP contribution >= 0.6 is 12.2 Å². The molecule has 4 rings (SSSR count). The summed E-state index contributed by atoms with van der Waals surface area (Å²) in [5, 5.41) is 23.4. The minimum Gasteiger partial charge on any atom is -0.507 e. The summed E-state index contributed by atoms with van der Waals surface area (Å²) < 4.78 is 4.08. The molecule has 7 heteroatoms. The molecule has 0 spiro atoms. The number of aromatic hydroxyl groups is 1. The molecule has 27 heavy (non-hydrogen) atoms. The molecule has 0 radical (unpaired) electrons. The second kappa shape index (κ2) is 6.35. The number of rotatable bonds is 3. The van der Waals surface area contributed by atoms with Gasteiger partial charge in [-0.05, 0) is 66.5 Å². The van der Waals surface area contributed by atoms with Crippen LogP contribution in [0.3, 0.4) is 0 Å². The zero-order valence-corrected chi connectivity index (χ0v) is 16.5. The molecule has 2 N–H and O–H groups in total. The molecule has 2 aromatic carbocycles. The maximum absolute atomic E-state index is 10.6. The second-order valence-electron chi connectivity index (χ2n) is 7.11. The summed E-state index contributed by atoms with van der Waals surface area (Å²) in [6.07, 6.45) is 1.97. The van der Waals surface area contributed by atoms with Gasteiger partial charge in [0, 0.05) is 18.6 Å². The van der Waals surface area contributed by atoms with Crippen molar-refractivity contribution in [1.82, 2.24) is 24.5 Å². The van der Waals surface area contributed by atoms with Crippen LogP contribution in [0.1, 0.15) is 30.9 Å². The van der Waals surface area contributed by atoms with Crippen molar-refractivity contribution in [2.24, 2.45) is 7.05 Å². The third-order valence-electron chi connectivity index (χ3n) is 4.78. The lowest BCUT2D eigenvalue weighted by atomic mass is 9.95. The van der Waals surface area contributed by atoms with Crippen molar-refractivity contribution >= 4 is 23.1 Å². The Bertz CT molecular complexity index is 1220. The minimum absolute atomic E-state index is 0.186. The fourth-order valence-electron chi connectivity index (χ4n) is 3.49. The summed E-state index contributed by atoms with van der Waals surface area (Å²) in [6.45, 7) is 6.27. The van der Waals surface area contributed by atoms with E-state index in [-0.39, 0.29) is 5.75 Å². The Morgan fingerprint density at radius 3 is 2.70 bits per heavy atom. The van der Waals surface area contributed by atoms with E-state index >= 15 is 0 Å². The van der Waals surface area contributed by atoms with Crippen molar-refractivity contribution < 1.29 is 5.11 Å². The van der Waals surface area contributed by atoms with E-state index in [2.05, 4.69) is 29.1 Å². The predicted octanol–water partition coefficient (Wildman–Crippen LogP) is 4.62. The first-order valence-corrected chi connectivity index (χ1v) is 9.21. The number of nitrogens with zero attached hydrogens (tertiary/aromatic N) is 4. The van der Waals surface area contributed by atoms with Gasteiger partial charge in [0.05, 0.1) is 16.8 Å². The van der Waals surface area contributed by atoms with Crippen LogP contribution in [0.15, 0.2) is 36.5 Å². The Morgan fingerprint density at radius 1 is 1.19 bits per heavy atom. The summed E-state index contributed by atoms with van der Waals surface area (Å²) in [7, 11) is 1.90. The molecule has 138 valence electrons. The van der Waals surface area contributed by atoms with E-state index in [9.17, 15) is 5.11 Å². The highest BCUT2D eigenvalue weighted by molar-refractivity contribution is 7.71. The number of aryl methyl sites for hydroxylation is 2. The molecule has 0 saturated heterocycles. The van der Waals surface area contributed by atoms with Gasteiger partial charge in [-0.15, -0.1) is 0 Å². The number of hydrogen-bond donors (Lipinski definition) is 2. The SMILES string of the molecule is Cc1cc(O)c(-c2n[nH]c(=S)n2-c2ccc3cn(C)nc3c2)cc1C(C)C. The van der Waals surface area contributed by atoms with Crippen LogP contribution in [-0.2, 0) is 7.05 Å². The fraction of sp³-hybridized carbons (Fsp3) is 0.250. The normalized spacial score (nSPS) is 11.6. The van der Waals surface area contributed by atoms with Gasteiger partial charge in [-0.2, -0.15) is 10.2 Å². The van der Waals surface area contributed by atoms with Gasteiger partial charge in [-0.3, -0.25) is 14.3 Å². The van der Waals surface area contributed by atoms with Crippen LogP contribution in [-0.4, -0.2) is 29.7 Å². The van der Waals surface area contributed by atoms with E-state index in [1.54, 1.807) is 10.7 Å². The zero-order valence-electron chi connectivity index (χ0n) is 15.7. The van der Waals surface area contributed by atoms with Gasteiger partial charge in [0.2, 0.25) is 0 Å². The number of phenols is 1. The van der Waals surface area contributed by atoms with Crippen molar-refractivity contribution in [1.29, 1.82) is 0 Å². The van der Waals surface area contributed by atoms with Crippen molar-refractivity contribution in [2.45, 2.75) is 26.7 Å². The molecule has 2 aromatic heterocycles. The highest BCUT2D eigenvalue weighted by atomic mass is 32.1. The highest BCUT2D eigenvalue weighted by Crippen LogP contribution is 2.35. The Labute approximate surface area is 162 Å². The first kappa shape index (κ1) is 17.5. The molecule has 0 bridgehead atoms. The molecule has 6 nitrogen and oxygen atoms in total. The first-order valence-electron chi connectivity index (χ1n) is 8.80. The number of nitrogens with one attached hydrogen (secondary N) is 1. The van der Waals surface area contributed by atoms with Crippen molar-refractivity contribution in [3.05, 3.63) is 52.4 Å². The van der Waals surface area contributed by atoms with Crippen LogP contribution in [0, 0.1) is 11.7 Å². The Balaban J connectivity index is 1.94. The second-order valence-corrected chi connectivity index (χ2v) is 7.50. The number of H-pyrrole nitrogens is 1. The van der Waals surface area contributed by atoms with Crippen molar-refractivity contribution in [3.63, 3.8) is 0 Å². The van der Waals surface area contributed by atoms with Gasteiger partial charge >= 0.3 is 0 Å². The number of fused-ring (bicyclic) bond motifs is 1. The zero-order chi connectivity index (χ0) is 19.3. The van der Waals surface area contributed by atoms with E-state index in [1.165, 1.54) is 5.56 Å². The molecule has 0 atom stereocenters. The molecular formula is C20H21N5OS. The van der Waals surface area contributed by atoms with Crippen LogP contribution in [0.2, 0.25) is 0 Å². The van der Waals surface area contributed by atoms with E-state index in [4.69, 9.17) is 12.2 Å². The largest absolute Gasteiger partial charge is 0.507 e. The van der Waals surface area contributed by atoms with Gasteiger partial charge < -0.3 is 5.11 Å². The molecule has 0 aliphatic rings. The number of benzene rings is 2. The van der Waals surface area contributed by atoms with E-state index < -0.39 is 0 Å². The molecule has 4 aromatic rings. The molecule has 2 heterocycles. The standard InChI is InChI=1S/C20H21N5OS/c1-11(2)15-9-16(18(26)7-12(15)3)19-21-22-20(27)25(19)14-6-5-13-10-24(4)23-17(13)8-14/h5-11,26H,1-4H3,(H,22,27). The maximum atomic E-state index is 10.6. The van der Waals surface area contributed by atoms with E-state index in [0.29, 0.717) is 22.1 Å². The number of aromatic nitrogens is 5. The third-order valence-corrected chi connectivity index (χ3v) is 5.06. The van der Waals surface area contributed by atoms with Crippen LogP contribution in [0.5, 0.6) is 5.75 Å². The predicted molar refractivity (Wildman–Crippen MR) is 109 cm³/mol. The minimum atomic E-state index is 0.186. The lowest BCUT2D eigenvalue weighted by Gasteiger charge is -2.14. The summed E-state index contributed by atoms with van der Waals surface area (Å²) >= 11 is 5.47. The summed E-state index contributed by atoms with van der Waals surface area (Å²) in [5.74, 6) is 1.10. The van der Waals surface area contributed by atoms with Crippen LogP contribution in [0.4, 0.5) is 0 Å². The Kier molecular flexibility index (Phi) is 4.11. The van der Waals surface area contributed by atoms with Gasteiger partial charge in [-0.1, -0.05) is 13.8 Å². The van der Waals surface area contributed by atoms with E-state index in [0.717, 1.165) is 22.2 Å². The molecule has 0 aliphatic carbocycles. The fourth-order valence-corrected chi connectivity index (χ4v) is 3.73. The first-order chi connectivity index (χ1) is 12.8. The van der Waals surface area contributed by atoms with Gasteiger partial charge in [0.25, 0.3) is 0 Å². The average molecular weight is 379 g/mol. The van der Waals surface area contributed by atoms with E-state index in [1.807, 2.05) is 49.0 Å². The molecule has 0 unspecified atom stereocenters. The number of aromatic amines is 1. The molecule has 0 saturated carbocycles. The van der Waals surface area contributed by atoms with Crippen molar-refractivity contribution in [3.8, 4) is 22.8 Å². The molecule has 0 fully saturated rings. The van der Waals surface area contributed by atoms with Crippen LogP contribution < -0.4 is 0 Å².